The van der Waals surface area contributed by atoms with E-state index in [9.17, 15) is 9.59 Å². The van der Waals surface area contributed by atoms with Crippen LogP contribution in [0.15, 0.2) is 60.7 Å². The molecule has 1 N–H and O–H groups in total. The van der Waals surface area contributed by atoms with E-state index in [1.165, 1.54) is 7.11 Å². The van der Waals surface area contributed by atoms with Crippen molar-refractivity contribution in [3.63, 3.8) is 0 Å². The van der Waals surface area contributed by atoms with Crippen molar-refractivity contribution in [2.45, 2.75) is 32.1 Å². The number of carbonyl (C=O) groups excluding carboxylic acids is 2. The number of methoxy groups -OCH3 is 1. The molecule has 0 spiro atoms. The number of hydrogen-bond acceptors (Lipinski definition) is 3. The van der Waals surface area contributed by atoms with Gasteiger partial charge in [0.05, 0.1) is 7.11 Å². The Morgan fingerprint density at radius 1 is 0.889 bits per heavy atom. The molecule has 142 valence electrons. The van der Waals surface area contributed by atoms with E-state index in [-0.39, 0.29) is 11.9 Å². The molecule has 0 aliphatic heterocycles. The topological polar surface area (TPSA) is 55.4 Å². The predicted octanol–water partition coefficient (Wildman–Crippen LogP) is 4.47. The van der Waals surface area contributed by atoms with Crippen LogP contribution in [0.25, 0.3) is 11.6 Å². The molecule has 0 heterocycles. The number of nitrogens with one attached hydrogen (secondary N) is 1. The maximum atomic E-state index is 12.7. The number of unbranched alkanes of at least 4 members (excludes halogenated alkanes) is 3. The van der Waals surface area contributed by atoms with E-state index in [1.807, 2.05) is 66.7 Å². The highest BCUT2D eigenvalue weighted by atomic mass is 16.5. The summed E-state index contributed by atoms with van der Waals surface area (Å²) < 4.78 is 4.62. The molecule has 0 aliphatic rings. The molecule has 2 rings (SSSR count). The van der Waals surface area contributed by atoms with Gasteiger partial charge in [0.1, 0.15) is 0 Å². The second-order valence-electron chi connectivity index (χ2n) is 6.33. The Kier molecular flexibility index (Phi) is 8.84. The molecule has 0 radical (unpaired) electrons. The number of benzene rings is 2. The molecule has 0 aliphatic carbocycles. The molecular weight excluding hydrogens is 338 g/mol. The molecule has 4 nitrogen and oxygen atoms in total. The quantitative estimate of drug-likeness (QED) is 0.293. The summed E-state index contributed by atoms with van der Waals surface area (Å²) >= 11 is 0. The predicted molar refractivity (Wildman–Crippen MR) is 109 cm³/mol. The van der Waals surface area contributed by atoms with Gasteiger partial charge in [0.25, 0.3) is 5.91 Å². The van der Waals surface area contributed by atoms with Crippen LogP contribution in [0.4, 0.5) is 0 Å². The zero-order chi connectivity index (χ0) is 19.3. The summed E-state index contributed by atoms with van der Waals surface area (Å²) in [6.45, 7) is 0.621. The average Bonchev–Trinajstić information content (AvgIpc) is 2.72. The summed E-state index contributed by atoms with van der Waals surface area (Å²) in [5.74, 6) is -0.235. The van der Waals surface area contributed by atoms with Crippen molar-refractivity contribution in [1.82, 2.24) is 5.32 Å². The highest BCUT2D eigenvalue weighted by Gasteiger charge is 2.11. The third-order valence-electron chi connectivity index (χ3n) is 4.26. The lowest BCUT2D eigenvalue weighted by Gasteiger charge is -2.10. The van der Waals surface area contributed by atoms with Crippen molar-refractivity contribution in [3.05, 3.63) is 71.8 Å². The Morgan fingerprint density at radius 2 is 1.52 bits per heavy atom. The Bertz CT molecular complexity index is 739. The van der Waals surface area contributed by atoms with Gasteiger partial charge in [0.15, 0.2) is 0 Å². The highest BCUT2D eigenvalue weighted by molar-refractivity contribution is 6.24. The van der Waals surface area contributed by atoms with E-state index in [0.29, 0.717) is 18.5 Å². The van der Waals surface area contributed by atoms with Crippen molar-refractivity contribution < 1.29 is 14.3 Å². The van der Waals surface area contributed by atoms with Crippen LogP contribution in [0.1, 0.15) is 43.2 Å². The zero-order valence-corrected chi connectivity index (χ0v) is 15.8. The molecule has 0 atom stereocenters. The van der Waals surface area contributed by atoms with Gasteiger partial charge in [-0.25, -0.2) is 0 Å². The minimum Gasteiger partial charge on any atom is -0.469 e. The van der Waals surface area contributed by atoms with Crippen LogP contribution in [-0.4, -0.2) is 25.5 Å². The number of ether oxygens (including phenoxy) is 1. The smallest absolute Gasteiger partial charge is 0.305 e. The van der Waals surface area contributed by atoms with Crippen LogP contribution in [0.3, 0.4) is 0 Å². The van der Waals surface area contributed by atoms with Crippen molar-refractivity contribution in [2.24, 2.45) is 0 Å². The van der Waals surface area contributed by atoms with Gasteiger partial charge < -0.3 is 10.1 Å². The average molecular weight is 365 g/mol. The van der Waals surface area contributed by atoms with Gasteiger partial charge in [-0.2, -0.15) is 0 Å². The number of amides is 1. The first-order valence-corrected chi connectivity index (χ1v) is 9.38. The van der Waals surface area contributed by atoms with Crippen LogP contribution in [-0.2, 0) is 14.3 Å². The minimum atomic E-state index is -0.165. The monoisotopic (exact) mass is 365 g/mol. The third kappa shape index (κ3) is 7.48. The molecule has 2 aromatic carbocycles. The summed E-state index contributed by atoms with van der Waals surface area (Å²) in [4.78, 5) is 23.8. The Labute approximate surface area is 161 Å². The molecule has 0 aromatic heterocycles. The highest BCUT2D eigenvalue weighted by Crippen LogP contribution is 2.18. The summed E-state index contributed by atoms with van der Waals surface area (Å²) in [6, 6.07) is 19.5. The SMILES string of the molecule is COC(=O)CCCCCCNC(=O)/C(=C/c1ccccc1)c1ccccc1. The Hall–Kier alpha value is -2.88. The van der Waals surface area contributed by atoms with Gasteiger partial charge in [-0.15, -0.1) is 0 Å². The standard InChI is InChI=1S/C23H27NO3/c1-27-22(25)16-10-2-3-11-17-24-23(26)21(20-14-8-5-9-15-20)18-19-12-6-4-7-13-19/h4-9,12-15,18H,2-3,10-11,16-17H2,1H3,(H,24,26)/b21-18+. The molecule has 0 saturated heterocycles. The van der Waals surface area contributed by atoms with E-state index in [2.05, 4.69) is 10.1 Å². The van der Waals surface area contributed by atoms with Gasteiger partial charge >= 0.3 is 5.97 Å². The molecule has 0 saturated carbocycles. The molecule has 4 heteroatoms. The fourth-order valence-corrected chi connectivity index (χ4v) is 2.76. The fraction of sp³-hybridized carbons (Fsp3) is 0.304. The van der Waals surface area contributed by atoms with E-state index >= 15 is 0 Å². The summed E-state index contributed by atoms with van der Waals surface area (Å²) in [7, 11) is 1.41. The Morgan fingerprint density at radius 3 is 2.19 bits per heavy atom. The number of carbonyl (C=O) groups is 2. The number of hydrogen-bond donors (Lipinski definition) is 1. The van der Waals surface area contributed by atoms with Crippen LogP contribution < -0.4 is 5.32 Å². The fourth-order valence-electron chi connectivity index (χ4n) is 2.76. The minimum absolute atomic E-state index is 0.0698. The number of esters is 1. The van der Waals surface area contributed by atoms with E-state index in [1.54, 1.807) is 0 Å². The molecule has 0 bridgehead atoms. The van der Waals surface area contributed by atoms with E-state index in [0.717, 1.165) is 36.8 Å². The molecule has 0 fully saturated rings. The lowest BCUT2D eigenvalue weighted by Crippen LogP contribution is -2.25. The lowest BCUT2D eigenvalue weighted by atomic mass is 10.0. The first kappa shape index (κ1) is 20.4. The normalized spacial score (nSPS) is 11.1. The van der Waals surface area contributed by atoms with Crippen molar-refractivity contribution >= 4 is 23.5 Å². The molecule has 0 unspecified atom stereocenters. The maximum Gasteiger partial charge on any atom is 0.305 e. The van der Waals surface area contributed by atoms with Crippen molar-refractivity contribution in [2.75, 3.05) is 13.7 Å². The van der Waals surface area contributed by atoms with Gasteiger partial charge in [0, 0.05) is 18.5 Å². The largest absolute Gasteiger partial charge is 0.469 e. The van der Waals surface area contributed by atoms with E-state index in [4.69, 9.17) is 0 Å². The zero-order valence-electron chi connectivity index (χ0n) is 15.8. The summed E-state index contributed by atoms with van der Waals surface area (Å²) in [5.41, 5.74) is 2.55. The maximum absolute atomic E-state index is 12.7. The molecule has 2 aromatic rings. The molecule has 1 amide bonds. The van der Waals surface area contributed by atoms with E-state index < -0.39 is 0 Å². The van der Waals surface area contributed by atoms with Gasteiger partial charge in [-0.3, -0.25) is 9.59 Å². The van der Waals surface area contributed by atoms with Crippen LogP contribution in [0, 0.1) is 0 Å². The van der Waals surface area contributed by atoms with Crippen molar-refractivity contribution in [3.8, 4) is 0 Å². The van der Waals surface area contributed by atoms with Gasteiger partial charge in [0.2, 0.25) is 0 Å². The van der Waals surface area contributed by atoms with Crippen LogP contribution >= 0.6 is 0 Å². The lowest BCUT2D eigenvalue weighted by molar-refractivity contribution is -0.140. The molecular formula is C23H27NO3. The van der Waals surface area contributed by atoms with Gasteiger partial charge in [-0.05, 0) is 30.0 Å². The third-order valence-corrected chi connectivity index (χ3v) is 4.26. The van der Waals surface area contributed by atoms with Gasteiger partial charge in [-0.1, -0.05) is 73.5 Å². The summed E-state index contributed by atoms with van der Waals surface area (Å²) in [5, 5.41) is 3.01. The first-order valence-electron chi connectivity index (χ1n) is 9.38. The van der Waals surface area contributed by atoms with Crippen LogP contribution in [0.5, 0.6) is 0 Å². The van der Waals surface area contributed by atoms with Crippen molar-refractivity contribution in [1.29, 1.82) is 0 Å². The first-order chi connectivity index (χ1) is 13.2. The Balaban J connectivity index is 1.88. The van der Waals surface area contributed by atoms with Crippen LogP contribution in [0.2, 0.25) is 0 Å². The second kappa shape index (κ2) is 11.7. The second-order valence-corrected chi connectivity index (χ2v) is 6.33. The number of rotatable bonds is 10. The summed E-state index contributed by atoms with van der Waals surface area (Å²) in [6.07, 6.45) is 6.02. The molecule has 27 heavy (non-hydrogen) atoms.